The van der Waals surface area contributed by atoms with Crippen LogP contribution in [0.25, 0.3) is 10.9 Å². The summed E-state index contributed by atoms with van der Waals surface area (Å²) in [7, 11) is 0. The molecule has 0 fully saturated rings. The summed E-state index contributed by atoms with van der Waals surface area (Å²) < 4.78 is 0. The van der Waals surface area contributed by atoms with Crippen molar-refractivity contribution >= 4 is 34.1 Å². The lowest BCUT2D eigenvalue weighted by atomic mass is 10.2. The molecule has 4 heteroatoms. The highest BCUT2D eigenvalue weighted by atomic mass is 35.5. The van der Waals surface area contributed by atoms with Crippen LogP contribution in [0.3, 0.4) is 0 Å². The highest BCUT2D eigenvalue weighted by Crippen LogP contribution is 2.26. The molecule has 0 saturated carbocycles. The fourth-order valence-electron chi connectivity index (χ4n) is 1.34. The van der Waals surface area contributed by atoms with Crippen LogP contribution in [0, 0.1) is 11.3 Å². The molecule has 0 saturated heterocycles. The molecule has 0 aliphatic heterocycles. The molecule has 1 heterocycles. The number of nitriles is 1. The Hall–Kier alpha value is -1.30. The summed E-state index contributed by atoms with van der Waals surface area (Å²) >= 11 is 11.8. The van der Waals surface area contributed by atoms with Crippen molar-refractivity contribution in [3.8, 4) is 6.07 Å². The van der Waals surface area contributed by atoms with Gasteiger partial charge in [-0.15, -0.1) is 0 Å². The molecule has 0 spiro atoms. The van der Waals surface area contributed by atoms with Gasteiger partial charge < -0.3 is 0 Å². The Kier molecular flexibility index (Phi) is 2.77. The van der Waals surface area contributed by atoms with Gasteiger partial charge in [0, 0.05) is 5.39 Å². The van der Waals surface area contributed by atoms with Gasteiger partial charge in [-0.05, 0) is 18.2 Å². The molecule has 0 amide bonds. The van der Waals surface area contributed by atoms with E-state index in [1.807, 2.05) is 12.1 Å². The van der Waals surface area contributed by atoms with Crippen LogP contribution in [0.2, 0.25) is 10.0 Å². The molecule has 74 valence electrons. The van der Waals surface area contributed by atoms with Crippen LogP contribution in [0.15, 0.2) is 24.3 Å². The SMILES string of the molecule is N#CCc1ccc2cc(Cl)c(Cl)cc2n1. The molecule has 0 N–H and O–H groups in total. The summed E-state index contributed by atoms with van der Waals surface area (Å²) in [6, 6.07) is 9.23. The Morgan fingerprint density at radius 2 is 1.93 bits per heavy atom. The van der Waals surface area contributed by atoms with Crippen LogP contribution in [-0.4, -0.2) is 4.98 Å². The van der Waals surface area contributed by atoms with Crippen LogP contribution in [-0.2, 0) is 6.42 Å². The van der Waals surface area contributed by atoms with Crippen molar-refractivity contribution in [2.24, 2.45) is 0 Å². The quantitative estimate of drug-likeness (QED) is 0.759. The van der Waals surface area contributed by atoms with Gasteiger partial charge in [0.05, 0.1) is 33.7 Å². The Morgan fingerprint density at radius 3 is 2.67 bits per heavy atom. The Labute approximate surface area is 97.1 Å². The molecule has 15 heavy (non-hydrogen) atoms. The first-order chi connectivity index (χ1) is 7.20. The first kappa shape index (κ1) is 10.2. The van der Waals surface area contributed by atoms with Crippen molar-refractivity contribution in [1.29, 1.82) is 5.26 Å². The number of halogens is 2. The van der Waals surface area contributed by atoms with Crippen LogP contribution >= 0.6 is 23.2 Å². The van der Waals surface area contributed by atoms with Gasteiger partial charge in [-0.3, -0.25) is 4.98 Å². The summed E-state index contributed by atoms with van der Waals surface area (Å²) in [6.07, 6.45) is 0.302. The molecule has 1 aromatic carbocycles. The van der Waals surface area contributed by atoms with E-state index >= 15 is 0 Å². The number of hydrogen-bond acceptors (Lipinski definition) is 2. The molecule has 0 aliphatic carbocycles. The first-order valence-electron chi connectivity index (χ1n) is 4.32. The predicted molar refractivity (Wildman–Crippen MR) is 61.1 cm³/mol. The fraction of sp³-hybridized carbons (Fsp3) is 0.0909. The largest absolute Gasteiger partial charge is 0.252 e. The fourth-order valence-corrected chi connectivity index (χ4v) is 1.67. The third-order valence-electron chi connectivity index (χ3n) is 2.05. The van der Waals surface area contributed by atoms with Crippen LogP contribution in [0.1, 0.15) is 5.69 Å². The molecule has 2 nitrogen and oxygen atoms in total. The van der Waals surface area contributed by atoms with Crippen molar-refractivity contribution in [2.45, 2.75) is 6.42 Å². The minimum absolute atomic E-state index is 0.302. The standard InChI is InChI=1S/C11H6Cl2N2/c12-9-5-7-1-2-8(3-4-14)15-11(7)6-10(9)13/h1-2,5-6H,3H2. The molecule has 0 unspecified atom stereocenters. The Balaban J connectivity index is 2.62. The van der Waals surface area contributed by atoms with Gasteiger partial charge in [-0.25, -0.2) is 0 Å². The molecular formula is C11H6Cl2N2. The minimum Gasteiger partial charge on any atom is -0.252 e. The third kappa shape index (κ3) is 2.04. The molecule has 2 aromatic rings. The van der Waals surface area contributed by atoms with Crippen LogP contribution in [0.4, 0.5) is 0 Å². The second kappa shape index (κ2) is 4.06. The molecule has 0 bridgehead atoms. The second-order valence-corrected chi connectivity index (χ2v) is 3.91. The summed E-state index contributed by atoms with van der Waals surface area (Å²) in [5.74, 6) is 0. The van der Waals surface area contributed by atoms with Gasteiger partial charge in [-0.1, -0.05) is 29.3 Å². The molecule has 1 aromatic heterocycles. The summed E-state index contributed by atoms with van der Waals surface area (Å²) in [6.45, 7) is 0. The highest BCUT2D eigenvalue weighted by molar-refractivity contribution is 6.42. The van der Waals surface area contributed by atoms with Crippen molar-refractivity contribution in [3.05, 3.63) is 40.0 Å². The van der Waals surface area contributed by atoms with E-state index in [4.69, 9.17) is 28.5 Å². The summed E-state index contributed by atoms with van der Waals surface area (Å²) in [5.41, 5.74) is 1.50. The van der Waals surface area contributed by atoms with E-state index < -0.39 is 0 Å². The molecular weight excluding hydrogens is 231 g/mol. The lowest BCUT2D eigenvalue weighted by Gasteiger charge is -2.01. The van der Waals surface area contributed by atoms with Crippen molar-refractivity contribution in [3.63, 3.8) is 0 Å². The number of fused-ring (bicyclic) bond motifs is 1. The molecule has 0 radical (unpaired) electrons. The van der Waals surface area contributed by atoms with Gasteiger partial charge in [0.1, 0.15) is 0 Å². The van der Waals surface area contributed by atoms with Gasteiger partial charge in [0.15, 0.2) is 0 Å². The lowest BCUT2D eigenvalue weighted by molar-refractivity contribution is 1.15. The second-order valence-electron chi connectivity index (χ2n) is 3.10. The molecule has 2 rings (SSSR count). The smallest absolute Gasteiger partial charge is 0.0774 e. The zero-order valence-corrected chi connectivity index (χ0v) is 9.18. The van der Waals surface area contributed by atoms with E-state index in [0.29, 0.717) is 16.5 Å². The van der Waals surface area contributed by atoms with E-state index in [0.717, 1.165) is 16.6 Å². The maximum absolute atomic E-state index is 8.55. The van der Waals surface area contributed by atoms with E-state index in [-0.39, 0.29) is 0 Å². The average molecular weight is 237 g/mol. The Morgan fingerprint density at radius 1 is 1.20 bits per heavy atom. The lowest BCUT2D eigenvalue weighted by Crippen LogP contribution is -1.88. The third-order valence-corrected chi connectivity index (χ3v) is 2.77. The summed E-state index contributed by atoms with van der Waals surface area (Å²) in [4.78, 5) is 4.30. The van der Waals surface area contributed by atoms with Crippen LogP contribution in [0.5, 0.6) is 0 Å². The number of nitrogens with zero attached hydrogens (tertiary/aromatic N) is 2. The van der Waals surface area contributed by atoms with E-state index in [2.05, 4.69) is 11.1 Å². The monoisotopic (exact) mass is 236 g/mol. The molecule has 0 aliphatic rings. The topological polar surface area (TPSA) is 36.7 Å². The number of rotatable bonds is 1. The average Bonchev–Trinajstić information content (AvgIpc) is 2.21. The van der Waals surface area contributed by atoms with Gasteiger partial charge in [0.25, 0.3) is 0 Å². The minimum atomic E-state index is 0.302. The first-order valence-corrected chi connectivity index (χ1v) is 5.08. The predicted octanol–water partition coefficient (Wildman–Crippen LogP) is 3.61. The maximum Gasteiger partial charge on any atom is 0.0774 e. The van der Waals surface area contributed by atoms with Crippen LogP contribution < -0.4 is 0 Å². The van der Waals surface area contributed by atoms with Crippen molar-refractivity contribution in [1.82, 2.24) is 4.98 Å². The Bertz CT molecular complexity index is 558. The van der Waals surface area contributed by atoms with Gasteiger partial charge in [0.2, 0.25) is 0 Å². The van der Waals surface area contributed by atoms with Crippen molar-refractivity contribution in [2.75, 3.05) is 0 Å². The molecule has 0 atom stereocenters. The van der Waals surface area contributed by atoms with Crippen molar-refractivity contribution < 1.29 is 0 Å². The van der Waals surface area contributed by atoms with E-state index in [1.54, 1.807) is 12.1 Å². The van der Waals surface area contributed by atoms with Gasteiger partial charge in [-0.2, -0.15) is 5.26 Å². The maximum atomic E-state index is 8.55. The zero-order chi connectivity index (χ0) is 10.8. The van der Waals surface area contributed by atoms with Gasteiger partial charge >= 0.3 is 0 Å². The van der Waals surface area contributed by atoms with E-state index in [9.17, 15) is 0 Å². The highest BCUT2D eigenvalue weighted by Gasteiger charge is 2.03. The number of hydrogen-bond donors (Lipinski definition) is 0. The number of benzene rings is 1. The van der Waals surface area contributed by atoms with E-state index in [1.165, 1.54) is 0 Å². The summed E-state index contributed by atoms with van der Waals surface area (Å²) in [5, 5.41) is 10.5. The zero-order valence-electron chi connectivity index (χ0n) is 7.67. The number of pyridine rings is 1. The number of aromatic nitrogens is 1. The normalized spacial score (nSPS) is 10.2.